The lowest BCUT2D eigenvalue weighted by Crippen LogP contribution is -2.51. The first kappa shape index (κ1) is 31.2. The molecule has 3 N–H and O–H groups in total. The highest BCUT2D eigenvalue weighted by molar-refractivity contribution is 7.92. The lowest BCUT2D eigenvalue weighted by Gasteiger charge is -2.36. The molecule has 0 aliphatic carbocycles. The molecular formula is C24H26ClF4N3O7S. The van der Waals surface area contributed by atoms with Crippen LogP contribution in [0.2, 0.25) is 5.02 Å². The normalized spacial score (nSPS) is 16.1. The zero-order chi connectivity index (χ0) is 30.3. The second kappa shape index (κ2) is 10.9. The molecule has 0 saturated carbocycles. The maximum atomic E-state index is 13.7. The van der Waals surface area contributed by atoms with E-state index in [1.165, 1.54) is 26.0 Å². The summed E-state index contributed by atoms with van der Waals surface area (Å²) in [6.45, 7) is 3.20. The fourth-order valence-electron chi connectivity index (χ4n) is 3.34. The average Bonchev–Trinajstić information content (AvgIpc) is 2.81. The van der Waals surface area contributed by atoms with Crippen molar-refractivity contribution < 1.29 is 50.1 Å². The fraction of sp³-hybridized carbons (Fsp3) is 0.417. The van der Waals surface area contributed by atoms with Crippen molar-refractivity contribution in [1.29, 1.82) is 0 Å². The first-order valence-corrected chi connectivity index (χ1v) is 13.4. The third kappa shape index (κ3) is 6.88. The smallest absolute Gasteiger partial charge is 0.427 e. The number of halogens is 5. The van der Waals surface area contributed by atoms with E-state index in [1.807, 2.05) is 0 Å². The van der Waals surface area contributed by atoms with Crippen molar-refractivity contribution in [3.05, 3.63) is 47.2 Å². The number of sulfonamides is 1. The largest absolute Gasteiger partial charge is 0.484 e. The van der Waals surface area contributed by atoms with Crippen LogP contribution in [-0.2, 0) is 19.6 Å². The van der Waals surface area contributed by atoms with Gasteiger partial charge in [-0.2, -0.15) is 13.2 Å². The molecule has 3 rings (SSSR count). The molecule has 0 fully saturated rings. The van der Waals surface area contributed by atoms with Crippen LogP contribution in [-0.4, -0.2) is 62.1 Å². The number of amides is 2. The minimum absolute atomic E-state index is 0.0277. The lowest BCUT2D eigenvalue weighted by atomic mass is 10.1. The van der Waals surface area contributed by atoms with Crippen molar-refractivity contribution in [2.75, 3.05) is 22.7 Å². The minimum atomic E-state index is -4.86. The second-order valence-corrected chi connectivity index (χ2v) is 12.1. The monoisotopic (exact) mass is 611 g/mol. The van der Waals surface area contributed by atoms with Gasteiger partial charge in [-0.05, 0) is 64.1 Å². The first-order chi connectivity index (χ1) is 18.2. The van der Waals surface area contributed by atoms with Crippen LogP contribution >= 0.6 is 11.6 Å². The van der Waals surface area contributed by atoms with E-state index < -0.39 is 67.8 Å². The molecule has 2 aromatic rings. The Morgan fingerprint density at radius 2 is 1.80 bits per heavy atom. The summed E-state index contributed by atoms with van der Waals surface area (Å²) < 4.78 is 91.4. The van der Waals surface area contributed by atoms with Crippen molar-refractivity contribution in [2.45, 2.75) is 56.1 Å². The van der Waals surface area contributed by atoms with Crippen molar-refractivity contribution in [3.8, 4) is 5.75 Å². The number of fused-ring (bicyclic) bond motifs is 1. The Kier molecular flexibility index (Phi) is 8.54. The molecule has 2 aromatic carbocycles. The van der Waals surface area contributed by atoms with E-state index in [0.29, 0.717) is 13.8 Å². The highest BCUT2D eigenvalue weighted by atomic mass is 35.5. The number of aliphatic hydroxyl groups is 1. The van der Waals surface area contributed by atoms with E-state index in [-0.39, 0.29) is 23.7 Å². The summed E-state index contributed by atoms with van der Waals surface area (Å²) in [4.78, 5) is 23.9. The van der Waals surface area contributed by atoms with Crippen LogP contribution in [0.1, 0.15) is 27.7 Å². The van der Waals surface area contributed by atoms with Gasteiger partial charge in [-0.1, -0.05) is 11.6 Å². The minimum Gasteiger partial charge on any atom is -0.484 e. The predicted molar refractivity (Wildman–Crippen MR) is 136 cm³/mol. The Morgan fingerprint density at radius 1 is 1.15 bits per heavy atom. The van der Waals surface area contributed by atoms with Crippen LogP contribution in [0.25, 0.3) is 0 Å². The number of rotatable bonds is 7. The number of ether oxygens (including phenoxy) is 2. The van der Waals surface area contributed by atoms with Crippen LogP contribution < -0.4 is 19.7 Å². The SMILES string of the molecule is CC(C)(O)C(=O)NC[C@H]1CN(S(=O)(=O)c2ccc(F)c(Cl)c2)c2cc(NC(=O)OC(C)(C)C(F)(F)F)ccc2O1. The van der Waals surface area contributed by atoms with E-state index in [9.17, 15) is 40.7 Å². The summed E-state index contributed by atoms with van der Waals surface area (Å²) in [5, 5.41) is 14.0. The quantitative estimate of drug-likeness (QED) is 0.399. The molecule has 0 spiro atoms. The van der Waals surface area contributed by atoms with E-state index in [2.05, 4.69) is 15.4 Å². The van der Waals surface area contributed by atoms with Gasteiger partial charge < -0.3 is 19.9 Å². The number of hydrogen-bond donors (Lipinski definition) is 3. The summed E-state index contributed by atoms with van der Waals surface area (Å²) in [6, 6.07) is 6.35. The lowest BCUT2D eigenvalue weighted by molar-refractivity contribution is -0.242. The molecule has 2 amide bonds. The molecule has 16 heteroatoms. The van der Waals surface area contributed by atoms with Crippen LogP contribution in [0.4, 0.5) is 33.7 Å². The Labute approximate surface area is 232 Å². The highest BCUT2D eigenvalue weighted by Gasteiger charge is 2.51. The second-order valence-electron chi connectivity index (χ2n) is 9.83. The van der Waals surface area contributed by atoms with Crippen LogP contribution in [0.3, 0.4) is 0 Å². The van der Waals surface area contributed by atoms with Gasteiger partial charge in [0, 0.05) is 5.69 Å². The van der Waals surface area contributed by atoms with Crippen molar-refractivity contribution >= 4 is 45.0 Å². The van der Waals surface area contributed by atoms with Crippen LogP contribution in [0.5, 0.6) is 5.75 Å². The molecule has 1 aliphatic rings. The van der Waals surface area contributed by atoms with E-state index in [0.717, 1.165) is 28.6 Å². The van der Waals surface area contributed by atoms with Crippen LogP contribution in [0, 0.1) is 5.82 Å². The molecule has 0 radical (unpaired) electrons. The topological polar surface area (TPSA) is 134 Å². The number of nitrogens with one attached hydrogen (secondary N) is 2. The Bertz CT molecular complexity index is 1410. The first-order valence-electron chi connectivity index (χ1n) is 11.6. The standard InChI is InChI=1S/C24H26ClF4N3O7S/c1-22(2,35)20(33)30-11-14-12-32(40(36,37)15-6-7-17(26)16(25)10-15)18-9-13(5-8-19(18)38-14)31-21(34)39-23(3,4)24(27,28)29/h5-10,14,35H,11-12H2,1-4H3,(H,30,33)(H,31,34)/t14-/m0/s1. The average molecular weight is 612 g/mol. The Morgan fingerprint density at radius 3 is 2.38 bits per heavy atom. The van der Waals surface area contributed by atoms with Gasteiger partial charge in [0.1, 0.15) is 23.3 Å². The third-order valence-electron chi connectivity index (χ3n) is 5.69. The van der Waals surface area contributed by atoms with Gasteiger partial charge in [-0.15, -0.1) is 0 Å². The van der Waals surface area contributed by atoms with E-state index >= 15 is 0 Å². The summed E-state index contributed by atoms with van der Waals surface area (Å²) in [5.41, 5.74) is -4.79. The Hall–Kier alpha value is -3.30. The highest BCUT2D eigenvalue weighted by Crippen LogP contribution is 2.40. The van der Waals surface area contributed by atoms with Crippen molar-refractivity contribution in [2.24, 2.45) is 0 Å². The third-order valence-corrected chi connectivity index (χ3v) is 7.76. The molecule has 0 aromatic heterocycles. The summed E-state index contributed by atoms with van der Waals surface area (Å²) >= 11 is 5.79. The number of carbonyl (C=O) groups is 2. The van der Waals surface area contributed by atoms with Crippen molar-refractivity contribution in [3.63, 3.8) is 0 Å². The maximum absolute atomic E-state index is 13.7. The van der Waals surface area contributed by atoms with E-state index in [4.69, 9.17) is 16.3 Å². The fourth-order valence-corrected chi connectivity index (χ4v) is 5.11. The molecule has 10 nitrogen and oxygen atoms in total. The molecule has 1 aliphatic heterocycles. The van der Waals surface area contributed by atoms with Gasteiger partial charge in [-0.25, -0.2) is 17.6 Å². The van der Waals surface area contributed by atoms with Gasteiger partial charge in [0.05, 0.1) is 28.7 Å². The van der Waals surface area contributed by atoms with Crippen LogP contribution in [0.15, 0.2) is 41.3 Å². The number of nitrogens with zero attached hydrogens (tertiary/aromatic N) is 1. The maximum Gasteiger partial charge on any atom is 0.427 e. The molecular weight excluding hydrogens is 586 g/mol. The van der Waals surface area contributed by atoms with Gasteiger partial charge in [0.25, 0.3) is 15.9 Å². The van der Waals surface area contributed by atoms with Crippen molar-refractivity contribution in [1.82, 2.24) is 5.32 Å². The summed E-state index contributed by atoms with van der Waals surface area (Å²) in [7, 11) is -4.46. The summed E-state index contributed by atoms with van der Waals surface area (Å²) in [5.74, 6) is -1.64. The molecule has 40 heavy (non-hydrogen) atoms. The van der Waals surface area contributed by atoms with Gasteiger partial charge in [-0.3, -0.25) is 14.4 Å². The molecule has 0 unspecified atom stereocenters. The molecule has 0 bridgehead atoms. The Balaban J connectivity index is 1.97. The molecule has 1 heterocycles. The molecule has 220 valence electrons. The number of anilines is 2. The zero-order valence-corrected chi connectivity index (χ0v) is 23.2. The zero-order valence-electron chi connectivity index (χ0n) is 21.6. The van der Waals surface area contributed by atoms with Gasteiger partial charge in [0.2, 0.25) is 5.60 Å². The predicted octanol–water partition coefficient (Wildman–Crippen LogP) is 4.21. The van der Waals surface area contributed by atoms with Gasteiger partial charge >= 0.3 is 12.3 Å². The van der Waals surface area contributed by atoms with E-state index in [1.54, 1.807) is 0 Å². The number of hydrogen-bond acceptors (Lipinski definition) is 7. The molecule has 1 atom stereocenters. The molecule has 0 saturated heterocycles. The number of carbonyl (C=O) groups excluding carboxylic acids is 2. The number of alkyl halides is 3. The van der Waals surface area contributed by atoms with Gasteiger partial charge in [0.15, 0.2) is 0 Å². The summed E-state index contributed by atoms with van der Waals surface area (Å²) in [6.07, 6.45) is -7.28. The number of benzene rings is 2.